The molecule has 0 spiro atoms. The largest absolute Gasteiger partial charge is 0.417 e. The van der Waals surface area contributed by atoms with Crippen LogP contribution < -0.4 is 5.76 Å². The number of H-pyrrole nitrogens is 1. The van der Waals surface area contributed by atoms with Gasteiger partial charge in [0.2, 0.25) is 0 Å². The molecule has 2 aromatic rings. The second kappa shape index (κ2) is 2.74. The van der Waals surface area contributed by atoms with Gasteiger partial charge in [-0.15, -0.1) is 0 Å². The fourth-order valence-electron chi connectivity index (χ4n) is 1.34. The molecule has 0 amide bonds. The van der Waals surface area contributed by atoms with Crippen LogP contribution in [-0.4, -0.2) is 10.1 Å². The Morgan fingerprint density at radius 1 is 1.54 bits per heavy atom. The van der Waals surface area contributed by atoms with Crippen LogP contribution in [0.5, 0.6) is 0 Å². The number of oxazole rings is 1. The van der Waals surface area contributed by atoms with Gasteiger partial charge in [-0.3, -0.25) is 4.98 Å². The van der Waals surface area contributed by atoms with Gasteiger partial charge < -0.3 is 9.52 Å². The van der Waals surface area contributed by atoms with Gasteiger partial charge in [0.05, 0.1) is 11.6 Å². The molecule has 1 atom stereocenters. The van der Waals surface area contributed by atoms with Crippen molar-refractivity contribution in [3.63, 3.8) is 0 Å². The van der Waals surface area contributed by atoms with Crippen molar-refractivity contribution in [2.75, 3.05) is 0 Å². The summed E-state index contributed by atoms with van der Waals surface area (Å²) in [6.07, 6.45) is -0.614. The molecule has 4 nitrogen and oxygen atoms in total. The minimum absolute atomic E-state index is 0.475. The summed E-state index contributed by atoms with van der Waals surface area (Å²) in [6, 6.07) is 5.17. The predicted octanol–water partition coefficient (Wildman–Crippen LogP) is 1.17. The molecule has 13 heavy (non-hydrogen) atoms. The van der Waals surface area contributed by atoms with Gasteiger partial charge in [-0.05, 0) is 13.0 Å². The van der Waals surface area contributed by atoms with Gasteiger partial charge in [0.15, 0.2) is 5.58 Å². The van der Waals surface area contributed by atoms with E-state index in [1.54, 1.807) is 25.1 Å². The zero-order valence-electron chi connectivity index (χ0n) is 7.07. The summed E-state index contributed by atoms with van der Waals surface area (Å²) in [4.78, 5) is 13.4. The maximum atomic E-state index is 10.9. The molecule has 4 heteroatoms. The van der Waals surface area contributed by atoms with E-state index >= 15 is 0 Å². The van der Waals surface area contributed by atoms with Gasteiger partial charge in [0.25, 0.3) is 0 Å². The van der Waals surface area contributed by atoms with Crippen molar-refractivity contribution < 1.29 is 9.52 Å². The summed E-state index contributed by atoms with van der Waals surface area (Å²) in [6.45, 7) is 1.64. The molecule has 2 N–H and O–H groups in total. The Morgan fingerprint density at radius 2 is 2.31 bits per heavy atom. The molecule has 0 saturated carbocycles. The summed E-state index contributed by atoms with van der Waals surface area (Å²) < 4.78 is 4.84. The van der Waals surface area contributed by atoms with E-state index in [0.29, 0.717) is 16.7 Å². The third kappa shape index (κ3) is 1.25. The van der Waals surface area contributed by atoms with Gasteiger partial charge in [-0.25, -0.2) is 4.79 Å². The summed E-state index contributed by atoms with van der Waals surface area (Å²) in [5.41, 5.74) is 1.72. The van der Waals surface area contributed by atoms with Crippen molar-refractivity contribution in [2.24, 2.45) is 0 Å². The van der Waals surface area contributed by atoms with Crippen LogP contribution in [-0.2, 0) is 0 Å². The van der Waals surface area contributed by atoms with Crippen LogP contribution in [0.25, 0.3) is 11.1 Å². The smallest absolute Gasteiger partial charge is 0.408 e. The fourth-order valence-corrected chi connectivity index (χ4v) is 1.34. The van der Waals surface area contributed by atoms with Gasteiger partial charge in [-0.2, -0.15) is 0 Å². The van der Waals surface area contributed by atoms with Crippen LogP contribution in [0, 0.1) is 0 Å². The molecular formula is C9H9NO3. The number of hydrogen-bond acceptors (Lipinski definition) is 3. The summed E-state index contributed by atoms with van der Waals surface area (Å²) in [5.74, 6) is -0.497. The molecule has 0 saturated heterocycles. The first-order valence-corrected chi connectivity index (χ1v) is 3.98. The lowest BCUT2D eigenvalue weighted by atomic mass is 10.1. The number of rotatable bonds is 1. The Balaban J connectivity index is 2.82. The van der Waals surface area contributed by atoms with E-state index in [2.05, 4.69) is 4.98 Å². The normalized spacial score (nSPS) is 13.4. The number of aromatic amines is 1. The third-order valence-electron chi connectivity index (χ3n) is 1.94. The number of nitrogens with one attached hydrogen (secondary N) is 1. The monoisotopic (exact) mass is 179 g/mol. The van der Waals surface area contributed by atoms with Crippen LogP contribution >= 0.6 is 0 Å². The first-order valence-electron chi connectivity index (χ1n) is 3.98. The third-order valence-corrected chi connectivity index (χ3v) is 1.94. The first-order chi connectivity index (χ1) is 6.18. The van der Waals surface area contributed by atoms with E-state index in [1.807, 2.05) is 0 Å². The van der Waals surface area contributed by atoms with Gasteiger partial charge >= 0.3 is 5.76 Å². The van der Waals surface area contributed by atoms with E-state index < -0.39 is 11.9 Å². The Bertz CT molecular complexity index is 481. The molecule has 68 valence electrons. The minimum atomic E-state index is -0.614. The zero-order valence-corrected chi connectivity index (χ0v) is 7.07. The van der Waals surface area contributed by atoms with Gasteiger partial charge in [0, 0.05) is 5.56 Å². The van der Waals surface area contributed by atoms with Crippen molar-refractivity contribution in [2.45, 2.75) is 13.0 Å². The van der Waals surface area contributed by atoms with E-state index in [0.717, 1.165) is 0 Å². The highest BCUT2D eigenvalue weighted by Gasteiger charge is 2.09. The number of fused-ring (bicyclic) bond motifs is 1. The number of aliphatic hydroxyl groups is 1. The second-order valence-corrected chi connectivity index (χ2v) is 2.91. The van der Waals surface area contributed by atoms with E-state index in [9.17, 15) is 9.90 Å². The fraction of sp³-hybridized carbons (Fsp3) is 0.222. The van der Waals surface area contributed by atoms with E-state index in [4.69, 9.17) is 4.42 Å². The Hall–Kier alpha value is -1.55. The molecular weight excluding hydrogens is 170 g/mol. The van der Waals surface area contributed by atoms with Crippen molar-refractivity contribution in [3.05, 3.63) is 34.3 Å². The summed E-state index contributed by atoms with van der Waals surface area (Å²) in [5, 5.41) is 9.37. The molecule has 2 rings (SSSR count). The molecule has 1 aromatic heterocycles. The topological polar surface area (TPSA) is 66.2 Å². The lowest BCUT2D eigenvalue weighted by molar-refractivity contribution is 0.200. The molecule has 0 aliphatic heterocycles. The standard InChI is InChI=1S/C9H9NO3/c1-5(11)6-3-2-4-7-8(6)10-9(12)13-7/h2-5,11H,1H3,(H,10,12). The van der Waals surface area contributed by atoms with Crippen molar-refractivity contribution in [1.82, 2.24) is 4.98 Å². The summed E-state index contributed by atoms with van der Waals surface area (Å²) >= 11 is 0. The predicted molar refractivity (Wildman–Crippen MR) is 47.5 cm³/mol. The molecule has 0 radical (unpaired) electrons. The minimum Gasteiger partial charge on any atom is -0.408 e. The Labute approximate surface area is 73.8 Å². The van der Waals surface area contributed by atoms with E-state index in [-0.39, 0.29) is 0 Å². The molecule has 1 heterocycles. The average Bonchev–Trinajstić information content (AvgIpc) is 2.43. The highest BCUT2D eigenvalue weighted by atomic mass is 16.4. The highest BCUT2D eigenvalue weighted by molar-refractivity contribution is 5.76. The van der Waals surface area contributed by atoms with Gasteiger partial charge in [-0.1, -0.05) is 12.1 Å². The van der Waals surface area contributed by atoms with Crippen molar-refractivity contribution in [1.29, 1.82) is 0 Å². The molecule has 0 aliphatic rings. The van der Waals surface area contributed by atoms with Crippen LogP contribution in [0.3, 0.4) is 0 Å². The van der Waals surface area contributed by atoms with E-state index in [1.165, 1.54) is 0 Å². The number of hydrogen-bond donors (Lipinski definition) is 2. The Morgan fingerprint density at radius 3 is 3.00 bits per heavy atom. The number of benzene rings is 1. The van der Waals surface area contributed by atoms with Crippen LogP contribution in [0.15, 0.2) is 27.4 Å². The second-order valence-electron chi connectivity index (χ2n) is 2.91. The number of para-hydroxylation sites is 1. The van der Waals surface area contributed by atoms with Crippen molar-refractivity contribution in [3.8, 4) is 0 Å². The van der Waals surface area contributed by atoms with Gasteiger partial charge in [0.1, 0.15) is 0 Å². The lowest BCUT2D eigenvalue weighted by Crippen LogP contribution is -1.96. The molecule has 1 unspecified atom stereocenters. The van der Waals surface area contributed by atoms with Crippen molar-refractivity contribution >= 4 is 11.1 Å². The molecule has 1 aromatic carbocycles. The maximum absolute atomic E-state index is 10.9. The molecule has 0 fully saturated rings. The summed E-state index contributed by atoms with van der Waals surface area (Å²) in [7, 11) is 0. The highest BCUT2D eigenvalue weighted by Crippen LogP contribution is 2.20. The van der Waals surface area contributed by atoms with Crippen LogP contribution in [0.4, 0.5) is 0 Å². The zero-order chi connectivity index (χ0) is 9.42. The lowest BCUT2D eigenvalue weighted by Gasteiger charge is -2.03. The molecule has 0 aliphatic carbocycles. The number of aromatic nitrogens is 1. The average molecular weight is 179 g/mol. The van der Waals surface area contributed by atoms with Crippen LogP contribution in [0.1, 0.15) is 18.6 Å². The quantitative estimate of drug-likeness (QED) is 0.690. The maximum Gasteiger partial charge on any atom is 0.417 e. The first kappa shape index (κ1) is 8.07. The number of aliphatic hydroxyl groups excluding tert-OH is 1. The molecule has 0 bridgehead atoms. The SMILES string of the molecule is CC(O)c1cccc2oc(=O)[nH]c12. The van der Waals surface area contributed by atoms with Crippen LogP contribution in [0.2, 0.25) is 0 Å². The Kier molecular flexibility index (Phi) is 1.70.